The second kappa shape index (κ2) is 6.75. The maximum atomic E-state index is 10.0. The molecule has 100 valence electrons. The van der Waals surface area contributed by atoms with E-state index in [4.69, 9.17) is 0 Å². The molecular formula is C15H29NO. The van der Waals surface area contributed by atoms with Crippen LogP contribution in [0.1, 0.15) is 71.1 Å². The standard InChI is InChI=1S/C15H29NO/c1-12(13-8-4-2-3-5-9-13)16-14-10-6-7-11-15(14)17/h12-17H,2-11H2,1H3/t12-,14+,15+/m1/s1. The SMILES string of the molecule is C[C@@H](N[C@H]1CCCC[C@@H]1O)C1CCCCCC1. The van der Waals surface area contributed by atoms with Crippen molar-refractivity contribution < 1.29 is 5.11 Å². The van der Waals surface area contributed by atoms with Crippen LogP contribution in [0, 0.1) is 5.92 Å². The van der Waals surface area contributed by atoms with Crippen molar-refractivity contribution in [3.8, 4) is 0 Å². The Morgan fingerprint density at radius 1 is 0.882 bits per heavy atom. The highest BCUT2D eigenvalue weighted by molar-refractivity contribution is 4.85. The van der Waals surface area contributed by atoms with E-state index < -0.39 is 0 Å². The van der Waals surface area contributed by atoms with Crippen LogP contribution < -0.4 is 5.32 Å². The molecule has 0 saturated heterocycles. The van der Waals surface area contributed by atoms with Gasteiger partial charge in [0.2, 0.25) is 0 Å². The summed E-state index contributed by atoms with van der Waals surface area (Å²) < 4.78 is 0. The minimum absolute atomic E-state index is 0.100. The summed E-state index contributed by atoms with van der Waals surface area (Å²) in [7, 11) is 0. The van der Waals surface area contributed by atoms with Crippen LogP contribution in [-0.2, 0) is 0 Å². The number of nitrogens with one attached hydrogen (secondary N) is 1. The smallest absolute Gasteiger partial charge is 0.0693 e. The Morgan fingerprint density at radius 3 is 2.12 bits per heavy atom. The van der Waals surface area contributed by atoms with Gasteiger partial charge in [-0.15, -0.1) is 0 Å². The number of hydrogen-bond donors (Lipinski definition) is 2. The van der Waals surface area contributed by atoms with Crippen LogP contribution in [0.25, 0.3) is 0 Å². The van der Waals surface area contributed by atoms with Crippen molar-refractivity contribution >= 4 is 0 Å². The average molecular weight is 239 g/mol. The number of aliphatic hydroxyl groups is 1. The van der Waals surface area contributed by atoms with Gasteiger partial charge in [-0.1, -0.05) is 38.5 Å². The largest absolute Gasteiger partial charge is 0.392 e. The molecule has 0 heterocycles. The lowest BCUT2D eigenvalue weighted by atomic mass is 9.88. The van der Waals surface area contributed by atoms with Gasteiger partial charge in [0.1, 0.15) is 0 Å². The molecule has 2 aliphatic rings. The van der Waals surface area contributed by atoms with Gasteiger partial charge < -0.3 is 10.4 Å². The molecule has 2 nitrogen and oxygen atoms in total. The van der Waals surface area contributed by atoms with E-state index in [1.165, 1.54) is 51.4 Å². The molecule has 2 N–H and O–H groups in total. The molecule has 2 fully saturated rings. The lowest BCUT2D eigenvalue weighted by Crippen LogP contribution is -2.48. The Balaban J connectivity index is 1.79. The molecule has 0 bridgehead atoms. The van der Waals surface area contributed by atoms with Gasteiger partial charge in [0.15, 0.2) is 0 Å². The molecule has 2 heteroatoms. The Kier molecular flexibility index (Phi) is 5.30. The molecule has 2 aliphatic carbocycles. The zero-order chi connectivity index (χ0) is 12.1. The first-order chi connectivity index (χ1) is 8.27. The third-order valence-corrected chi connectivity index (χ3v) is 4.81. The summed E-state index contributed by atoms with van der Waals surface area (Å²) in [4.78, 5) is 0. The summed E-state index contributed by atoms with van der Waals surface area (Å²) in [6, 6.07) is 0.952. The van der Waals surface area contributed by atoms with E-state index in [0.29, 0.717) is 12.1 Å². The first-order valence-electron chi connectivity index (χ1n) is 7.71. The van der Waals surface area contributed by atoms with Gasteiger partial charge in [-0.3, -0.25) is 0 Å². The van der Waals surface area contributed by atoms with Crippen LogP contribution in [0.4, 0.5) is 0 Å². The number of hydrogen-bond acceptors (Lipinski definition) is 2. The molecule has 0 spiro atoms. The van der Waals surface area contributed by atoms with Crippen LogP contribution in [0.2, 0.25) is 0 Å². The quantitative estimate of drug-likeness (QED) is 0.741. The Bertz CT molecular complexity index is 211. The maximum Gasteiger partial charge on any atom is 0.0693 e. The van der Waals surface area contributed by atoms with Gasteiger partial charge in [0, 0.05) is 12.1 Å². The molecule has 2 saturated carbocycles. The monoisotopic (exact) mass is 239 g/mol. The fraction of sp³-hybridized carbons (Fsp3) is 1.00. The van der Waals surface area contributed by atoms with Gasteiger partial charge in [-0.2, -0.15) is 0 Å². The maximum absolute atomic E-state index is 10.0. The molecule has 17 heavy (non-hydrogen) atoms. The second-order valence-corrected chi connectivity index (χ2v) is 6.17. The predicted octanol–water partition coefficient (Wildman–Crippen LogP) is 3.24. The predicted molar refractivity (Wildman–Crippen MR) is 72.1 cm³/mol. The molecule has 0 radical (unpaired) electrons. The molecule has 0 aromatic rings. The van der Waals surface area contributed by atoms with E-state index in [1.807, 2.05) is 0 Å². The van der Waals surface area contributed by atoms with E-state index in [9.17, 15) is 5.11 Å². The molecule has 3 atom stereocenters. The van der Waals surface area contributed by atoms with Gasteiger partial charge in [0.05, 0.1) is 6.10 Å². The van der Waals surface area contributed by atoms with E-state index >= 15 is 0 Å². The Morgan fingerprint density at radius 2 is 1.47 bits per heavy atom. The average Bonchev–Trinajstić information content (AvgIpc) is 2.61. The van der Waals surface area contributed by atoms with Crippen LogP contribution in [-0.4, -0.2) is 23.3 Å². The number of aliphatic hydroxyl groups excluding tert-OH is 1. The van der Waals surface area contributed by atoms with E-state index in [0.717, 1.165) is 18.8 Å². The normalized spacial score (nSPS) is 34.2. The summed E-state index contributed by atoms with van der Waals surface area (Å²) in [5, 5.41) is 13.7. The van der Waals surface area contributed by atoms with Gasteiger partial charge in [-0.05, 0) is 38.5 Å². The fourth-order valence-electron chi connectivity index (χ4n) is 3.59. The van der Waals surface area contributed by atoms with E-state index in [-0.39, 0.29) is 6.10 Å². The molecule has 0 unspecified atom stereocenters. The van der Waals surface area contributed by atoms with Gasteiger partial charge in [-0.25, -0.2) is 0 Å². The van der Waals surface area contributed by atoms with Gasteiger partial charge >= 0.3 is 0 Å². The summed E-state index contributed by atoms with van der Waals surface area (Å²) in [5.41, 5.74) is 0. The third kappa shape index (κ3) is 3.96. The van der Waals surface area contributed by atoms with Crippen molar-refractivity contribution in [2.75, 3.05) is 0 Å². The van der Waals surface area contributed by atoms with Crippen LogP contribution in [0.3, 0.4) is 0 Å². The molecule has 0 aromatic carbocycles. The first-order valence-corrected chi connectivity index (χ1v) is 7.71. The Labute approximate surface area is 106 Å². The number of rotatable bonds is 3. The van der Waals surface area contributed by atoms with Gasteiger partial charge in [0.25, 0.3) is 0 Å². The van der Waals surface area contributed by atoms with Crippen LogP contribution in [0.5, 0.6) is 0 Å². The zero-order valence-corrected chi connectivity index (χ0v) is 11.3. The van der Waals surface area contributed by atoms with Crippen molar-refractivity contribution in [1.29, 1.82) is 0 Å². The molecule has 0 aliphatic heterocycles. The van der Waals surface area contributed by atoms with E-state index in [1.54, 1.807) is 0 Å². The van der Waals surface area contributed by atoms with Crippen LogP contribution in [0.15, 0.2) is 0 Å². The summed E-state index contributed by atoms with van der Waals surface area (Å²) >= 11 is 0. The first kappa shape index (κ1) is 13.4. The topological polar surface area (TPSA) is 32.3 Å². The highest BCUT2D eigenvalue weighted by atomic mass is 16.3. The zero-order valence-electron chi connectivity index (χ0n) is 11.3. The minimum Gasteiger partial charge on any atom is -0.392 e. The third-order valence-electron chi connectivity index (χ3n) is 4.81. The van der Waals surface area contributed by atoms with E-state index in [2.05, 4.69) is 12.2 Å². The lowest BCUT2D eigenvalue weighted by Gasteiger charge is -2.34. The Hall–Kier alpha value is -0.0800. The highest BCUT2D eigenvalue weighted by Crippen LogP contribution is 2.27. The molecule has 2 rings (SSSR count). The van der Waals surface area contributed by atoms with Crippen molar-refractivity contribution in [1.82, 2.24) is 5.32 Å². The van der Waals surface area contributed by atoms with Crippen molar-refractivity contribution in [3.05, 3.63) is 0 Å². The molecule has 0 aromatic heterocycles. The fourth-order valence-corrected chi connectivity index (χ4v) is 3.59. The van der Waals surface area contributed by atoms with Crippen molar-refractivity contribution in [3.63, 3.8) is 0 Å². The summed E-state index contributed by atoms with van der Waals surface area (Å²) in [5.74, 6) is 0.839. The van der Waals surface area contributed by atoms with Crippen molar-refractivity contribution in [2.45, 2.75) is 89.3 Å². The minimum atomic E-state index is -0.100. The summed E-state index contributed by atoms with van der Waals surface area (Å²) in [6.07, 6.45) is 13.0. The van der Waals surface area contributed by atoms with Crippen molar-refractivity contribution in [2.24, 2.45) is 5.92 Å². The highest BCUT2D eigenvalue weighted by Gasteiger charge is 2.27. The summed E-state index contributed by atoms with van der Waals surface area (Å²) in [6.45, 7) is 2.33. The molecular weight excluding hydrogens is 210 g/mol. The second-order valence-electron chi connectivity index (χ2n) is 6.17. The van der Waals surface area contributed by atoms with Crippen LogP contribution >= 0.6 is 0 Å². The lowest BCUT2D eigenvalue weighted by molar-refractivity contribution is 0.0803. The molecule has 0 amide bonds.